The van der Waals surface area contributed by atoms with Gasteiger partial charge in [0.25, 0.3) is 0 Å². The maximum absolute atomic E-state index is 13.5. The van der Waals surface area contributed by atoms with Gasteiger partial charge in [0.05, 0.1) is 29.2 Å². The Labute approximate surface area is 163 Å². The number of halogens is 4. The molecule has 2 N–H and O–H groups in total. The third-order valence-corrected chi connectivity index (χ3v) is 4.07. The first-order valence-electron chi connectivity index (χ1n) is 8.10. The van der Waals surface area contributed by atoms with Crippen molar-refractivity contribution in [3.05, 3.63) is 89.0 Å². The van der Waals surface area contributed by atoms with E-state index in [4.69, 9.17) is 11.6 Å². The van der Waals surface area contributed by atoms with Crippen LogP contribution in [0.3, 0.4) is 0 Å². The maximum Gasteiger partial charge on any atom is 0.418 e. The fourth-order valence-electron chi connectivity index (χ4n) is 2.59. The Morgan fingerprint density at radius 1 is 1.04 bits per heavy atom. The molecule has 2 aromatic heterocycles. The highest BCUT2D eigenvalue weighted by molar-refractivity contribution is 6.30. The van der Waals surface area contributed by atoms with Gasteiger partial charge in [-0.05, 0) is 42.0 Å². The molecule has 0 fully saturated rings. The zero-order chi connectivity index (χ0) is 20.1. The Morgan fingerprint density at radius 3 is 2.39 bits per heavy atom. The van der Waals surface area contributed by atoms with E-state index in [2.05, 4.69) is 20.6 Å². The Morgan fingerprint density at radius 2 is 1.75 bits per heavy atom. The van der Waals surface area contributed by atoms with Crippen LogP contribution in [0, 0.1) is 0 Å². The molecule has 0 bridgehead atoms. The van der Waals surface area contributed by atoms with Crippen molar-refractivity contribution >= 4 is 23.3 Å². The number of benzene rings is 1. The summed E-state index contributed by atoms with van der Waals surface area (Å²) in [6.07, 6.45) is -0.439. The van der Waals surface area contributed by atoms with Gasteiger partial charge in [0.15, 0.2) is 0 Å². The first-order valence-corrected chi connectivity index (χ1v) is 8.47. The molecular weight excluding hydrogens is 393 g/mol. The summed E-state index contributed by atoms with van der Waals surface area (Å²) in [6, 6.07) is 9.62. The molecule has 0 saturated carbocycles. The monoisotopic (exact) mass is 406 g/mol. The number of urea groups is 1. The number of carbonyl (C=O) groups excluding carboxylic acids is 1. The fourth-order valence-corrected chi connectivity index (χ4v) is 2.71. The number of aromatic nitrogens is 2. The number of nitrogens with one attached hydrogen (secondary N) is 2. The van der Waals surface area contributed by atoms with E-state index in [0.717, 1.165) is 6.07 Å². The van der Waals surface area contributed by atoms with Crippen LogP contribution in [0.1, 0.15) is 22.9 Å². The van der Waals surface area contributed by atoms with E-state index in [9.17, 15) is 18.0 Å². The zero-order valence-electron chi connectivity index (χ0n) is 14.2. The third-order valence-electron chi connectivity index (χ3n) is 3.82. The number of nitrogens with zero attached hydrogens (tertiary/aromatic N) is 2. The van der Waals surface area contributed by atoms with Crippen molar-refractivity contribution in [2.75, 3.05) is 5.32 Å². The van der Waals surface area contributed by atoms with Gasteiger partial charge in [-0.15, -0.1) is 0 Å². The van der Waals surface area contributed by atoms with Crippen molar-refractivity contribution in [2.45, 2.75) is 12.2 Å². The second-order valence-electron chi connectivity index (χ2n) is 5.76. The molecule has 0 saturated heterocycles. The minimum absolute atomic E-state index is 0.321. The minimum Gasteiger partial charge on any atom is -0.325 e. The summed E-state index contributed by atoms with van der Waals surface area (Å²) < 4.78 is 40.4. The molecule has 0 aliphatic rings. The predicted molar refractivity (Wildman–Crippen MR) is 98.9 cm³/mol. The van der Waals surface area contributed by atoms with Crippen molar-refractivity contribution < 1.29 is 18.0 Å². The van der Waals surface area contributed by atoms with E-state index in [1.54, 1.807) is 12.1 Å². The Balaban J connectivity index is 1.97. The quantitative estimate of drug-likeness (QED) is 0.636. The first kappa shape index (κ1) is 19.6. The van der Waals surface area contributed by atoms with Crippen LogP contribution in [0.15, 0.2) is 67.1 Å². The van der Waals surface area contributed by atoms with E-state index < -0.39 is 23.8 Å². The molecule has 2 amide bonds. The lowest BCUT2D eigenvalue weighted by atomic mass is 9.99. The Kier molecular flexibility index (Phi) is 5.79. The van der Waals surface area contributed by atoms with Crippen LogP contribution < -0.4 is 10.6 Å². The minimum atomic E-state index is -4.63. The number of pyridine rings is 2. The summed E-state index contributed by atoms with van der Waals surface area (Å²) >= 11 is 5.88. The van der Waals surface area contributed by atoms with Crippen LogP contribution in [-0.2, 0) is 6.18 Å². The number of hydrogen-bond donors (Lipinski definition) is 2. The summed E-state index contributed by atoms with van der Waals surface area (Å²) in [5, 5.41) is 5.50. The highest BCUT2D eigenvalue weighted by Gasteiger charge is 2.37. The van der Waals surface area contributed by atoms with Crippen molar-refractivity contribution in [1.82, 2.24) is 15.3 Å². The highest BCUT2D eigenvalue weighted by Crippen LogP contribution is 2.35. The first-order chi connectivity index (χ1) is 13.3. The van der Waals surface area contributed by atoms with Crippen molar-refractivity contribution in [1.29, 1.82) is 0 Å². The molecule has 5 nitrogen and oxygen atoms in total. The molecule has 2 heterocycles. The van der Waals surface area contributed by atoms with Crippen LogP contribution >= 0.6 is 11.6 Å². The van der Waals surface area contributed by atoms with Crippen molar-refractivity contribution in [2.24, 2.45) is 0 Å². The molecule has 1 aromatic carbocycles. The normalized spacial score (nSPS) is 12.3. The van der Waals surface area contributed by atoms with Gasteiger partial charge in [-0.25, -0.2) is 4.79 Å². The second kappa shape index (κ2) is 8.26. The van der Waals surface area contributed by atoms with Gasteiger partial charge in [0, 0.05) is 17.4 Å². The lowest BCUT2D eigenvalue weighted by Gasteiger charge is -2.22. The van der Waals surface area contributed by atoms with Crippen LogP contribution in [0.5, 0.6) is 0 Å². The van der Waals surface area contributed by atoms with Crippen molar-refractivity contribution in [3.8, 4) is 0 Å². The number of anilines is 1. The topological polar surface area (TPSA) is 66.9 Å². The van der Waals surface area contributed by atoms with Crippen molar-refractivity contribution in [3.63, 3.8) is 0 Å². The lowest BCUT2D eigenvalue weighted by Crippen LogP contribution is -2.34. The van der Waals surface area contributed by atoms with E-state index in [-0.39, 0.29) is 5.69 Å². The van der Waals surface area contributed by atoms with E-state index in [1.807, 2.05) is 0 Å². The van der Waals surface area contributed by atoms with Crippen LogP contribution in [0.4, 0.5) is 23.7 Å². The maximum atomic E-state index is 13.5. The van der Waals surface area contributed by atoms with Crippen LogP contribution in [0.2, 0.25) is 5.02 Å². The molecule has 0 unspecified atom stereocenters. The average molecular weight is 407 g/mol. The number of rotatable bonds is 4. The standard InChI is InChI=1S/C19H14ClF3N4O/c20-13-7-5-12(6-8-13)16(17-15(19(21,22)23)4-2-10-25-17)27-18(28)26-14-3-1-9-24-11-14/h1-11,16H,(H2,26,27,28)/t16-/m0/s1. The van der Waals surface area contributed by atoms with Gasteiger partial charge in [-0.2, -0.15) is 13.2 Å². The Bertz CT molecular complexity index is 949. The van der Waals surface area contributed by atoms with E-state index in [1.165, 1.54) is 48.9 Å². The molecule has 28 heavy (non-hydrogen) atoms. The molecule has 3 rings (SSSR count). The average Bonchev–Trinajstić information content (AvgIpc) is 2.67. The lowest BCUT2D eigenvalue weighted by molar-refractivity contribution is -0.138. The smallest absolute Gasteiger partial charge is 0.325 e. The summed E-state index contributed by atoms with van der Waals surface area (Å²) in [7, 11) is 0. The third kappa shape index (κ3) is 4.77. The zero-order valence-corrected chi connectivity index (χ0v) is 15.0. The number of hydrogen-bond acceptors (Lipinski definition) is 3. The Hall–Kier alpha value is -3.13. The summed E-state index contributed by atoms with van der Waals surface area (Å²) in [5.41, 5.74) is -0.461. The second-order valence-corrected chi connectivity index (χ2v) is 6.20. The van der Waals surface area contributed by atoms with Crippen LogP contribution in [-0.4, -0.2) is 16.0 Å². The molecule has 3 aromatic rings. The molecule has 0 aliphatic carbocycles. The van der Waals surface area contributed by atoms with E-state index in [0.29, 0.717) is 16.3 Å². The highest BCUT2D eigenvalue weighted by atomic mass is 35.5. The number of amides is 2. The molecule has 1 atom stereocenters. The predicted octanol–water partition coefficient (Wildman–Crippen LogP) is 5.06. The molecular formula is C19H14ClF3N4O. The molecule has 0 aliphatic heterocycles. The van der Waals surface area contributed by atoms with E-state index >= 15 is 0 Å². The number of carbonyl (C=O) groups is 1. The van der Waals surface area contributed by atoms with Gasteiger partial charge in [0.2, 0.25) is 0 Å². The van der Waals surface area contributed by atoms with Gasteiger partial charge >= 0.3 is 12.2 Å². The van der Waals surface area contributed by atoms with Gasteiger partial charge in [-0.3, -0.25) is 9.97 Å². The molecule has 144 valence electrons. The van der Waals surface area contributed by atoms with Crippen LogP contribution in [0.25, 0.3) is 0 Å². The molecule has 0 radical (unpaired) electrons. The number of alkyl halides is 3. The summed E-state index contributed by atoms with van der Waals surface area (Å²) in [6.45, 7) is 0. The fraction of sp³-hybridized carbons (Fsp3) is 0.105. The molecule has 9 heteroatoms. The SMILES string of the molecule is O=C(Nc1cccnc1)N[C@@H](c1ccc(Cl)cc1)c1ncccc1C(F)(F)F. The van der Waals surface area contributed by atoms with Gasteiger partial charge in [-0.1, -0.05) is 23.7 Å². The summed E-state index contributed by atoms with van der Waals surface area (Å²) in [4.78, 5) is 20.2. The van der Waals surface area contributed by atoms with Gasteiger partial charge in [0.1, 0.15) is 0 Å². The molecule has 0 spiro atoms. The van der Waals surface area contributed by atoms with Gasteiger partial charge < -0.3 is 10.6 Å². The largest absolute Gasteiger partial charge is 0.418 e. The summed E-state index contributed by atoms with van der Waals surface area (Å²) in [5.74, 6) is 0.